The molecule has 29 heavy (non-hydrogen) atoms. The normalized spacial score (nSPS) is 11.9. The number of carbonyl (C=O) groups excluding carboxylic acids is 2. The second kappa shape index (κ2) is 8.95. The maximum absolute atomic E-state index is 12.7. The van der Waals surface area contributed by atoms with Gasteiger partial charge in [0.1, 0.15) is 6.04 Å². The number of rotatable bonds is 7. The number of nitrogens with zero attached hydrogens (tertiary/aromatic N) is 1. The highest BCUT2D eigenvalue weighted by Gasteiger charge is 2.25. The second-order valence-corrected chi connectivity index (χ2v) is 6.69. The number of ether oxygens (including phenoxy) is 1. The number of anilines is 1. The molecule has 0 aliphatic rings. The van der Waals surface area contributed by atoms with Crippen molar-refractivity contribution in [2.75, 3.05) is 11.8 Å². The van der Waals surface area contributed by atoms with Gasteiger partial charge in [-0.1, -0.05) is 29.8 Å². The average Bonchev–Trinajstić information content (AvgIpc) is 3.10. The van der Waals surface area contributed by atoms with Gasteiger partial charge in [0.25, 0.3) is 5.91 Å². The van der Waals surface area contributed by atoms with Gasteiger partial charge in [0.2, 0.25) is 0 Å². The number of aromatic nitrogens is 1. The van der Waals surface area contributed by atoms with Gasteiger partial charge < -0.3 is 25.5 Å². The van der Waals surface area contributed by atoms with E-state index in [9.17, 15) is 14.8 Å². The van der Waals surface area contributed by atoms with Gasteiger partial charge in [-0.2, -0.15) is 0 Å². The number of esters is 1. The summed E-state index contributed by atoms with van der Waals surface area (Å²) < 4.78 is 5.10. The number of fused-ring (bicyclic) bond motifs is 1. The monoisotopic (exact) mass is 416 g/mol. The number of amides is 1. The summed E-state index contributed by atoms with van der Waals surface area (Å²) in [5.74, 6) is -1.17. The van der Waals surface area contributed by atoms with Crippen LogP contribution in [-0.4, -0.2) is 34.7 Å². The summed E-state index contributed by atoms with van der Waals surface area (Å²) in [5, 5.41) is 23.1. The Morgan fingerprint density at radius 1 is 1.31 bits per heavy atom. The highest BCUT2D eigenvalue weighted by Crippen LogP contribution is 2.23. The number of hydrogen-bond acceptors (Lipinski definition) is 6. The molecule has 9 heteroatoms. The largest absolute Gasteiger partial charge is 0.733 e. The lowest BCUT2D eigenvalue weighted by atomic mass is 10.0. The molecule has 1 amide bonds. The molecule has 0 bridgehead atoms. The van der Waals surface area contributed by atoms with Crippen molar-refractivity contribution in [3.8, 4) is 0 Å². The van der Waals surface area contributed by atoms with E-state index in [0.29, 0.717) is 0 Å². The molecular formula is C20H19ClN3O5-. The van der Waals surface area contributed by atoms with Crippen molar-refractivity contribution in [2.45, 2.75) is 19.4 Å². The lowest BCUT2D eigenvalue weighted by molar-refractivity contribution is -0.145. The predicted molar refractivity (Wildman–Crippen MR) is 109 cm³/mol. The molecule has 0 aliphatic heterocycles. The minimum absolute atomic E-state index is 0.0374. The fourth-order valence-corrected chi connectivity index (χ4v) is 3.26. The highest BCUT2D eigenvalue weighted by atomic mass is 35.5. The van der Waals surface area contributed by atoms with Gasteiger partial charge in [-0.15, -0.1) is 0 Å². The van der Waals surface area contributed by atoms with Crippen LogP contribution in [0.4, 0.5) is 5.69 Å². The van der Waals surface area contributed by atoms with Crippen LogP contribution in [0, 0.1) is 5.21 Å². The van der Waals surface area contributed by atoms with Gasteiger partial charge in [0.15, 0.2) is 0 Å². The summed E-state index contributed by atoms with van der Waals surface area (Å²) in [6, 6.07) is 10.4. The summed E-state index contributed by atoms with van der Waals surface area (Å²) in [7, 11) is 0. The van der Waals surface area contributed by atoms with Gasteiger partial charge in [-0.05, 0) is 36.8 Å². The van der Waals surface area contributed by atoms with Crippen LogP contribution in [0.25, 0.3) is 10.9 Å². The number of benzene rings is 2. The molecule has 3 N–H and O–H groups in total. The summed E-state index contributed by atoms with van der Waals surface area (Å²) >= 11 is 6.05. The summed E-state index contributed by atoms with van der Waals surface area (Å²) in [6.45, 7) is 1.85. The molecule has 0 radical (unpaired) electrons. The Balaban J connectivity index is 1.84. The number of H-pyrrole nitrogens is 1. The first-order chi connectivity index (χ1) is 13.9. The molecule has 0 saturated carbocycles. The molecule has 8 nitrogen and oxygen atoms in total. The minimum Gasteiger partial charge on any atom is -0.733 e. The molecule has 3 rings (SSSR count). The number of aromatic amines is 1. The van der Waals surface area contributed by atoms with Crippen molar-refractivity contribution < 1.29 is 19.5 Å². The van der Waals surface area contributed by atoms with E-state index in [4.69, 9.17) is 21.5 Å². The molecule has 2 aromatic carbocycles. The molecule has 3 aromatic rings. The fraction of sp³-hybridized carbons (Fsp3) is 0.200. The van der Waals surface area contributed by atoms with E-state index in [1.165, 1.54) is 12.1 Å². The van der Waals surface area contributed by atoms with Crippen LogP contribution < -0.4 is 10.5 Å². The van der Waals surface area contributed by atoms with Crippen LogP contribution in [0.1, 0.15) is 22.8 Å². The quantitative estimate of drug-likeness (QED) is 0.401. The van der Waals surface area contributed by atoms with Gasteiger partial charge in [-0.3, -0.25) is 10.0 Å². The highest BCUT2D eigenvalue weighted by molar-refractivity contribution is 6.34. The Bertz CT molecular complexity index is 1030. The number of hydrogen-bond donors (Lipinski definition) is 3. The minimum atomic E-state index is -0.939. The van der Waals surface area contributed by atoms with Crippen molar-refractivity contribution in [1.82, 2.24) is 10.3 Å². The zero-order valence-electron chi connectivity index (χ0n) is 15.5. The summed E-state index contributed by atoms with van der Waals surface area (Å²) in [5.41, 5.74) is 1.71. The van der Waals surface area contributed by atoms with E-state index in [1.54, 1.807) is 13.1 Å². The smallest absolute Gasteiger partial charge is 0.328 e. The van der Waals surface area contributed by atoms with E-state index in [0.717, 1.165) is 22.5 Å². The molecule has 0 unspecified atom stereocenters. The first-order valence-corrected chi connectivity index (χ1v) is 9.26. The van der Waals surface area contributed by atoms with Crippen LogP contribution in [0.15, 0.2) is 48.7 Å². The molecule has 0 spiro atoms. The van der Waals surface area contributed by atoms with Crippen LogP contribution in [-0.2, 0) is 16.0 Å². The van der Waals surface area contributed by atoms with Gasteiger partial charge in [0, 0.05) is 23.5 Å². The summed E-state index contributed by atoms with van der Waals surface area (Å²) in [6.07, 6.45) is 2.00. The maximum Gasteiger partial charge on any atom is 0.328 e. The van der Waals surface area contributed by atoms with Crippen LogP contribution in [0.2, 0.25) is 5.02 Å². The molecule has 0 saturated heterocycles. The average molecular weight is 417 g/mol. The zero-order chi connectivity index (χ0) is 21.0. The number of halogens is 1. The standard InChI is InChI=1S/C20H19ClN3O5/c1-2-29-20(26)18(9-12-11-22-17-6-4-3-5-14(12)17)23-19(25)15-8-7-13(24(27)28)10-16(15)21/h3-8,10-11,18,22,27H,2,9H2,1H3,(H,23,25)/q-1/t18-/m0/s1. The van der Waals surface area contributed by atoms with E-state index < -0.39 is 17.9 Å². The molecule has 0 fully saturated rings. The van der Waals surface area contributed by atoms with Crippen LogP contribution in [0.3, 0.4) is 0 Å². The van der Waals surface area contributed by atoms with Gasteiger partial charge >= 0.3 is 5.97 Å². The van der Waals surface area contributed by atoms with E-state index in [2.05, 4.69) is 10.3 Å². The zero-order valence-corrected chi connectivity index (χ0v) is 16.3. The number of carbonyl (C=O) groups is 2. The Kier molecular flexibility index (Phi) is 6.38. The Hall–Kier alpha value is -3.07. The van der Waals surface area contributed by atoms with E-state index >= 15 is 0 Å². The molecule has 0 aliphatic carbocycles. The van der Waals surface area contributed by atoms with Gasteiger partial charge in [-0.25, -0.2) is 4.79 Å². The van der Waals surface area contributed by atoms with E-state index in [1.807, 2.05) is 24.3 Å². The topological polar surface area (TPSA) is 118 Å². The van der Waals surface area contributed by atoms with E-state index in [-0.39, 0.29) is 34.5 Å². The lowest BCUT2D eigenvalue weighted by Gasteiger charge is -2.22. The van der Waals surface area contributed by atoms with Crippen molar-refractivity contribution in [2.24, 2.45) is 0 Å². The predicted octanol–water partition coefficient (Wildman–Crippen LogP) is 3.42. The third kappa shape index (κ3) is 4.68. The summed E-state index contributed by atoms with van der Waals surface area (Å²) in [4.78, 5) is 28.3. The molecule has 1 atom stereocenters. The van der Waals surface area contributed by atoms with Gasteiger partial charge in [0.05, 0.1) is 22.9 Å². The molecular weight excluding hydrogens is 398 g/mol. The van der Waals surface area contributed by atoms with Crippen molar-refractivity contribution in [3.05, 3.63) is 70.0 Å². The third-order valence-corrected chi connectivity index (χ3v) is 4.71. The van der Waals surface area contributed by atoms with Crippen LogP contribution >= 0.6 is 11.6 Å². The van der Waals surface area contributed by atoms with Crippen molar-refractivity contribution in [3.63, 3.8) is 0 Å². The Labute approximate surface area is 171 Å². The van der Waals surface area contributed by atoms with Crippen molar-refractivity contribution in [1.29, 1.82) is 0 Å². The Morgan fingerprint density at radius 2 is 2.07 bits per heavy atom. The SMILES string of the molecule is CCOC(=O)[C@H](Cc1c[nH]c2ccccc12)NC(=O)c1ccc(N([O-])O)cc1Cl. The molecule has 1 aromatic heterocycles. The lowest BCUT2D eigenvalue weighted by Crippen LogP contribution is -2.43. The first kappa shape index (κ1) is 20.7. The molecule has 1 heterocycles. The Morgan fingerprint density at radius 3 is 2.76 bits per heavy atom. The molecule has 152 valence electrons. The first-order valence-electron chi connectivity index (χ1n) is 8.89. The van der Waals surface area contributed by atoms with Crippen molar-refractivity contribution >= 4 is 40.1 Å². The fourth-order valence-electron chi connectivity index (χ4n) is 3.00. The number of para-hydroxylation sites is 1. The second-order valence-electron chi connectivity index (χ2n) is 6.28. The maximum atomic E-state index is 12.7. The van der Waals surface area contributed by atoms with Crippen LogP contribution in [0.5, 0.6) is 0 Å². The third-order valence-electron chi connectivity index (χ3n) is 4.39. The number of nitrogens with one attached hydrogen (secondary N) is 2.